The molecular formula is C15H21BrN2O2. The molecule has 2 unspecified atom stereocenters. The Morgan fingerprint density at radius 1 is 1.40 bits per heavy atom. The summed E-state index contributed by atoms with van der Waals surface area (Å²) in [5, 5.41) is 0. The summed E-state index contributed by atoms with van der Waals surface area (Å²) in [7, 11) is 2.17. The van der Waals surface area contributed by atoms with E-state index in [1.807, 2.05) is 6.07 Å². The molecule has 0 amide bonds. The van der Waals surface area contributed by atoms with Crippen LogP contribution in [0.25, 0.3) is 0 Å². The van der Waals surface area contributed by atoms with E-state index in [2.05, 4.69) is 34.8 Å². The molecule has 2 N–H and O–H groups in total. The van der Waals surface area contributed by atoms with Gasteiger partial charge in [0.1, 0.15) is 13.2 Å². The van der Waals surface area contributed by atoms with Crippen molar-refractivity contribution in [3.63, 3.8) is 0 Å². The lowest BCUT2D eigenvalue weighted by molar-refractivity contribution is 0.169. The number of benzene rings is 1. The lowest BCUT2D eigenvalue weighted by Gasteiger charge is -2.27. The van der Waals surface area contributed by atoms with Crippen LogP contribution in [-0.4, -0.2) is 38.3 Å². The quantitative estimate of drug-likeness (QED) is 0.898. The molecule has 5 heteroatoms. The molecule has 2 heterocycles. The molecule has 2 atom stereocenters. The zero-order valence-electron chi connectivity index (χ0n) is 12.0. The Bertz CT molecular complexity index is 521. The van der Waals surface area contributed by atoms with E-state index in [-0.39, 0.29) is 0 Å². The normalized spacial score (nSPS) is 26.0. The van der Waals surface area contributed by atoms with Crippen LogP contribution in [0.2, 0.25) is 0 Å². The number of hydrogen-bond donors (Lipinski definition) is 1. The van der Waals surface area contributed by atoms with Gasteiger partial charge in [0, 0.05) is 22.6 Å². The second kappa shape index (κ2) is 5.54. The van der Waals surface area contributed by atoms with Crippen LogP contribution in [0.3, 0.4) is 0 Å². The number of fused-ring (bicyclic) bond motifs is 1. The largest absolute Gasteiger partial charge is 0.486 e. The minimum Gasteiger partial charge on any atom is -0.486 e. The first kappa shape index (κ1) is 14.2. The molecule has 0 radical (unpaired) electrons. The fourth-order valence-corrected chi connectivity index (χ4v) is 4.12. The molecule has 2 aliphatic rings. The van der Waals surface area contributed by atoms with E-state index in [1.54, 1.807) is 0 Å². The average Bonchev–Trinajstić information content (AvgIpc) is 2.80. The molecular weight excluding hydrogens is 320 g/mol. The molecule has 1 aromatic rings. The summed E-state index contributed by atoms with van der Waals surface area (Å²) in [6.07, 6.45) is 1.10. The second-order valence-electron chi connectivity index (χ2n) is 5.71. The zero-order chi connectivity index (χ0) is 14.3. The number of rotatable bonds is 2. The molecule has 20 heavy (non-hydrogen) atoms. The van der Waals surface area contributed by atoms with Gasteiger partial charge in [0.25, 0.3) is 0 Å². The summed E-state index contributed by atoms with van der Waals surface area (Å²) >= 11 is 3.71. The van der Waals surface area contributed by atoms with Gasteiger partial charge in [-0.3, -0.25) is 4.90 Å². The van der Waals surface area contributed by atoms with Crippen LogP contribution in [0.15, 0.2) is 10.5 Å². The van der Waals surface area contributed by atoms with Crippen molar-refractivity contribution < 1.29 is 9.47 Å². The van der Waals surface area contributed by atoms with E-state index in [0.717, 1.165) is 35.5 Å². The molecule has 0 bridgehead atoms. The third-order valence-corrected chi connectivity index (χ3v) is 5.03. The van der Waals surface area contributed by atoms with Crippen molar-refractivity contribution in [2.24, 2.45) is 11.7 Å². The van der Waals surface area contributed by atoms with E-state index >= 15 is 0 Å². The highest BCUT2D eigenvalue weighted by molar-refractivity contribution is 9.10. The van der Waals surface area contributed by atoms with Crippen molar-refractivity contribution in [3.8, 4) is 11.5 Å². The van der Waals surface area contributed by atoms with E-state index in [0.29, 0.717) is 25.2 Å². The predicted molar refractivity (Wildman–Crippen MR) is 82.4 cm³/mol. The number of nitrogens with two attached hydrogens (primary N) is 1. The predicted octanol–water partition coefficient (Wildman–Crippen LogP) is 2.48. The molecule has 1 saturated heterocycles. The van der Waals surface area contributed by atoms with Crippen molar-refractivity contribution in [2.75, 3.05) is 33.4 Å². The Balaban J connectivity index is 2.01. The maximum absolute atomic E-state index is 5.84. The fourth-order valence-electron chi connectivity index (χ4n) is 3.35. The minimum absolute atomic E-state index is 0.397. The lowest BCUT2D eigenvalue weighted by Crippen LogP contribution is -2.22. The van der Waals surface area contributed by atoms with Crippen molar-refractivity contribution in [1.29, 1.82) is 0 Å². The standard InChI is InChI=1S/C15H21BrN2O2/c1-9-14(12-5-10(7-17)8-18(12)2)11(16)6-13-15(9)20-4-3-19-13/h6,10,12H,3-5,7-8,17H2,1-2H3. The molecule has 0 spiro atoms. The Labute approximate surface area is 128 Å². The SMILES string of the molecule is Cc1c2c(cc(Br)c1C1CC(CN)CN1C)OCCO2. The van der Waals surface area contributed by atoms with Gasteiger partial charge >= 0.3 is 0 Å². The Morgan fingerprint density at radius 2 is 2.15 bits per heavy atom. The summed E-state index contributed by atoms with van der Waals surface area (Å²) < 4.78 is 12.6. The van der Waals surface area contributed by atoms with E-state index in [4.69, 9.17) is 15.2 Å². The van der Waals surface area contributed by atoms with Gasteiger partial charge in [0.05, 0.1) is 0 Å². The van der Waals surface area contributed by atoms with Gasteiger partial charge in [-0.2, -0.15) is 0 Å². The third kappa shape index (κ3) is 2.32. The van der Waals surface area contributed by atoms with Crippen molar-refractivity contribution in [2.45, 2.75) is 19.4 Å². The Morgan fingerprint density at radius 3 is 2.85 bits per heavy atom. The van der Waals surface area contributed by atoms with Crippen molar-refractivity contribution >= 4 is 15.9 Å². The van der Waals surface area contributed by atoms with Crippen LogP contribution >= 0.6 is 15.9 Å². The molecule has 1 fully saturated rings. The molecule has 4 nitrogen and oxygen atoms in total. The van der Waals surface area contributed by atoms with Crippen molar-refractivity contribution in [3.05, 3.63) is 21.7 Å². The van der Waals surface area contributed by atoms with Gasteiger partial charge in [-0.25, -0.2) is 0 Å². The van der Waals surface area contributed by atoms with Crippen LogP contribution in [-0.2, 0) is 0 Å². The van der Waals surface area contributed by atoms with Crippen LogP contribution < -0.4 is 15.2 Å². The summed E-state index contributed by atoms with van der Waals surface area (Å²) in [6.45, 7) is 5.18. The highest BCUT2D eigenvalue weighted by Crippen LogP contribution is 2.46. The topological polar surface area (TPSA) is 47.7 Å². The van der Waals surface area contributed by atoms with Gasteiger partial charge in [-0.1, -0.05) is 15.9 Å². The second-order valence-corrected chi connectivity index (χ2v) is 6.57. The molecule has 0 saturated carbocycles. The summed E-state index contributed by atoms with van der Waals surface area (Å²) in [6, 6.07) is 2.44. The molecule has 1 aromatic carbocycles. The van der Waals surface area contributed by atoms with E-state index < -0.39 is 0 Å². The van der Waals surface area contributed by atoms with Gasteiger partial charge in [0.15, 0.2) is 11.5 Å². The van der Waals surface area contributed by atoms with Crippen LogP contribution in [0.1, 0.15) is 23.6 Å². The Hall–Kier alpha value is -0.780. The van der Waals surface area contributed by atoms with Gasteiger partial charge in [0.2, 0.25) is 0 Å². The number of nitrogens with zero attached hydrogens (tertiary/aromatic N) is 1. The van der Waals surface area contributed by atoms with Crippen molar-refractivity contribution in [1.82, 2.24) is 4.90 Å². The molecule has 110 valence electrons. The molecule has 3 rings (SSSR count). The average molecular weight is 341 g/mol. The number of ether oxygens (including phenoxy) is 2. The first-order chi connectivity index (χ1) is 9.61. The summed E-state index contributed by atoms with van der Waals surface area (Å²) in [4.78, 5) is 2.39. The minimum atomic E-state index is 0.397. The number of likely N-dealkylation sites (tertiary alicyclic amines) is 1. The summed E-state index contributed by atoms with van der Waals surface area (Å²) in [5.74, 6) is 2.32. The van der Waals surface area contributed by atoms with E-state index in [9.17, 15) is 0 Å². The maximum atomic E-state index is 5.84. The first-order valence-corrected chi connectivity index (χ1v) is 7.90. The molecule has 0 aliphatic carbocycles. The number of halogens is 1. The van der Waals surface area contributed by atoms with Gasteiger partial charge in [-0.05, 0) is 44.5 Å². The molecule has 0 aromatic heterocycles. The van der Waals surface area contributed by atoms with Crippen LogP contribution in [0.5, 0.6) is 11.5 Å². The maximum Gasteiger partial charge on any atom is 0.164 e. The third-order valence-electron chi connectivity index (χ3n) is 4.37. The summed E-state index contributed by atoms with van der Waals surface area (Å²) in [5.41, 5.74) is 8.34. The highest BCUT2D eigenvalue weighted by atomic mass is 79.9. The zero-order valence-corrected chi connectivity index (χ0v) is 13.6. The van der Waals surface area contributed by atoms with Crippen LogP contribution in [0.4, 0.5) is 0 Å². The van der Waals surface area contributed by atoms with Gasteiger partial charge < -0.3 is 15.2 Å². The Kier molecular flexibility index (Phi) is 3.93. The fraction of sp³-hybridized carbons (Fsp3) is 0.600. The first-order valence-electron chi connectivity index (χ1n) is 7.10. The molecule has 2 aliphatic heterocycles. The smallest absolute Gasteiger partial charge is 0.164 e. The van der Waals surface area contributed by atoms with Crippen LogP contribution in [0, 0.1) is 12.8 Å². The van der Waals surface area contributed by atoms with Gasteiger partial charge in [-0.15, -0.1) is 0 Å². The van der Waals surface area contributed by atoms with E-state index in [1.165, 1.54) is 11.1 Å². The highest BCUT2D eigenvalue weighted by Gasteiger charge is 2.33. The lowest BCUT2D eigenvalue weighted by atomic mass is 9.95. The monoisotopic (exact) mass is 340 g/mol. The number of hydrogen-bond acceptors (Lipinski definition) is 4.